The van der Waals surface area contributed by atoms with Crippen LogP contribution in [0.15, 0.2) is 29.1 Å². The largest absolute Gasteiger partial charge is 0.314 e. The molecule has 0 aliphatic carbocycles. The molecule has 1 N–H and O–H groups in total. The molecule has 5 heteroatoms. The van der Waals surface area contributed by atoms with Gasteiger partial charge in [-0.2, -0.15) is 0 Å². The van der Waals surface area contributed by atoms with Gasteiger partial charge in [0, 0.05) is 12.6 Å². The lowest BCUT2D eigenvalue weighted by molar-refractivity contribution is 0.422. The molecule has 0 radical (unpaired) electrons. The molecule has 1 unspecified atom stereocenters. The summed E-state index contributed by atoms with van der Waals surface area (Å²) in [6, 6.07) is 7.87. The van der Waals surface area contributed by atoms with Crippen LogP contribution in [0.1, 0.15) is 39.5 Å². The minimum absolute atomic E-state index is 0.0461. The predicted octanol–water partition coefficient (Wildman–Crippen LogP) is 2.35. The molecule has 0 spiro atoms. The van der Waals surface area contributed by atoms with Gasteiger partial charge in [-0.25, -0.2) is 4.68 Å². The van der Waals surface area contributed by atoms with Crippen molar-refractivity contribution in [2.75, 3.05) is 6.54 Å². The van der Waals surface area contributed by atoms with Gasteiger partial charge < -0.3 is 5.32 Å². The Hall–Kier alpha value is -1.75. The normalized spacial score (nSPS) is 12.7. The zero-order valence-electron chi connectivity index (χ0n) is 12.9. The molecule has 0 saturated heterocycles. The number of nitrogens with zero attached hydrogens (tertiary/aromatic N) is 3. The molecule has 0 amide bonds. The first kappa shape index (κ1) is 15.6. The van der Waals surface area contributed by atoms with Gasteiger partial charge in [0.1, 0.15) is 5.52 Å². The highest BCUT2D eigenvalue weighted by atomic mass is 16.1. The first-order chi connectivity index (χ1) is 10.3. The van der Waals surface area contributed by atoms with E-state index >= 15 is 0 Å². The molecule has 1 aromatic heterocycles. The van der Waals surface area contributed by atoms with Gasteiger partial charge in [-0.1, -0.05) is 31.2 Å². The van der Waals surface area contributed by atoms with Crippen LogP contribution in [0.2, 0.25) is 0 Å². The van der Waals surface area contributed by atoms with E-state index < -0.39 is 0 Å². The molecule has 0 aliphatic heterocycles. The number of benzene rings is 1. The third-order valence-corrected chi connectivity index (χ3v) is 3.73. The zero-order chi connectivity index (χ0) is 15.1. The number of nitrogens with one attached hydrogen (secondary N) is 1. The summed E-state index contributed by atoms with van der Waals surface area (Å²) in [7, 11) is 0. The maximum absolute atomic E-state index is 12.3. The van der Waals surface area contributed by atoms with Crippen molar-refractivity contribution >= 4 is 10.9 Å². The van der Waals surface area contributed by atoms with Gasteiger partial charge in [-0.05, 0) is 44.4 Å². The van der Waals surface area contributed by atoms with Gasteiger partial charge >= 0.3 is 0 Å². The van der Waals surface area contributed by atoms with Gasteiger partial charge in [0.05, 0.1) is 5.39 Å². The minimum atomic E-state index is -0.0461. The van der Waals surface area contributed by atoms with Gasteiger partial charge in [0.15, 0.2) is 0 Å². The Labute approximate surface area is 125 Å². The number of hydrogen-bond acceptors (Lipinski definition) is 4. The first-order valence-electron chi connectivity index (χ1n) is 7.82. The summed E-state index contributed by atoms with van der Waals surface area (Å²) in [4.78, 5) is 12.3. The van der Waals surface area contributed by atoms with Crippen molar-refractivity contribution in [3.05, 3.63) is 34.6 Å². The van der Waals surface area contributed by atoms with E-state index in [1.165, 1.54) is 4.68 Å². The smallest absolute Gasteiger partial charge is 0.277 e. The van der Waals surface area contributed by atoms with E-state index in [1.54, 1.807) is 6.07 Å². The minimum Gasteiger partial charge on any atom is -0.314 e. The first-order valence-corrected chi connectivity index (χ1v) is 7.82. The van der Waals surface area contributed by atoms with Crippen LogP contribution in [0.3, 0.4) is 0 Å². The fourth-order valence-corrected chi connectivity index (χ4v) is 2.46. The second-order valence-electron chi connectivity index (χ2n) is 5.34. The SMILES string of the molecule is CCCNC(CC)CCCn1nnc2ccccc2c1=O. The van der Waals surface area contributed by atoms with Gasteiger partial charge in [-0.3, -0.25) is 4.79 Å². The molecule has 1 aromatic carbocycles. The fraction of sp³-hybridized carbons (Fsp3) is 0.562. The van der Waals surface area contributed by atoms with Crippen LogP contribution in [-0.4, -0.2) is 27.6 Å². The van der Waals surface area contributed by atoms with E-state index in [4.69, 9.17) is 0 Å². The second kappa shape index (κ2) is 7.88. The average Bonchev–Trinajstić information content (AvgIpc) is 2.53. The summed E-state index contributed by atoms with van der Waals surface area (Å²) in [6.45, 7) is 6.04. The molecule has 21 heavy (non-hydrogen) atoms. The van der Waals surface area contributed by atoms with Crippen molar-refractivity contribution in [2.24, 2.45) is 0 Å². The van der Waals surface area contributed by atoms with E-state index in [0.29, 0.717) is 23.5 Å². The van der Waals surface area contributed by atoms with E-state index in [-0.39, 0.29) is 5.56 Å². The lowest BCUT2D eigenvalue weighted by atomic mass is 10.1. The van der Waals surface area contributed by atoms with Crippen LogP contribution in [0, 0.1) is 0 Å². The predicted molar refractivity (Wildman–Crippen MR) is 85.4 cm³/mol. The van der Waals surface area contributed by atoms with Crippen molar-refractivity contribution in [3.8, 4) is 0 Å². The Bertz CT molecular complexity index is 623. The van der Waals surface area contributed by atoms with Crippen molar-refractivity contribution < 1.29 is 0 Å². The highest BCUT2D eigenvalue weighted by Crippen LogP contribution is 2.05. The molecule has 0 aliphatic rings. The summed E-state index contributed by atoms with van der Waals surface area (Å²) in [6.07, 6.45) is 4.24. The summed E-state index contributed by atoms with van der Waals surface area (Å²) in [5.41, 5.74) is 0.616. The number of fused-ring (bicyclic) bond motifs is 1. The Morgan fingerprint density at radius 2 is 2.10 bits per heavy atom. The molecule has 1 heterocycles. The maximum Gasteiger partial charge on any atom is 0.277 e. The Balaban J connectivity index is 1.97. The average molecular weight is 288 g/mol. The van der Waals surface area contributed by atoms with E-state index in [2.05, 4.69) is 29.5 Å². The molecule has 1 atom stereocenters. The molecule has 0 bridgehead atoms. The van der Waals surface area contributed by atoms with Crippen LogP contribution >= 0.6 is 0 Å². The molecule has 5 nitrogen and oxygen atoms in total. The summed E-state index contributed by atoms with van der Waals surface area (Å²) in [5, 5.41) is 12.3. The highest BCUT2D eigenvalue weighted by molar-refractivity contribution is 5.76. The molecule has 114 valence electrons. The molecule has 2 rings (SSSR count). The van der Waals surface area contributed by atoms with Crippen molar-refractivity contribution in [3.63, 3.8) is 0 Å². The molecular formula is C16H24N4O. The number of hydrogen-bond donors (Lipinski definition) is 1. The Kier molecular flexibility index (Phi) is 5.87. The third kappa shape index (κ3) is 4.11. The standard InChI is InChI=1S/C16H24N4O/c1-3-11-17-13(4-2)8-7-12-20-16(21)14-9-5-6-10-15(14)18-19-20/h5-6,9-10,13,17H,3-4,7-8,11-12H2,1-2H3. The van der Waals surface area contributed by atoms with E-state index in [1.807, 2.05) is 18.2 Å². The fourth-order valence-electron chi connectivity index (χ4n) is 2.46. The van der Waals surface area contributed by atoms with Crippen LogP contribution in [0.4, 0.5) is 0 Å². The number of aromatic nitrogens is 3. The zero-order valence-corrected chi connectivity index (χ0v) is 12.9. The quantitative estimate of drug-likeness (QED) is 0.810. The van der Waals surface area contributed by atoms with Crippen LogP contribution < -0.4 is 10.9 Å². The number of rotatable bonds is 8. The monoisotopic (exact) mass is 288 g/mol. The Morgan fingerprint density at radius 1 is 1.29 bits per heavy atom. The van der Waals surface area contributed by atoms with Crippen LogP contribution in [0.5, 0.6) is 0 Å². The summed E-state index contributed by atoms with van der Waals surface area (Å²) in [5.74, 6) is 0. The van der Waals surface area contributed by atoms with Crippen molar-refractivity contribution in [1.29, 1.82) is 0 Å². The lowest BCUT2D eigenvalue weighted by Crippen LogP contribution is -2.30. The summed E-state index contributed by atoms with van der Waals surface area (Å²) < 4.78 is 1.48. The summed E-state index contributed by atoms with van der Waals surface area (Å²) >= 11 is 0. The second-order valence-corrected chi connectivity index (χ2v) is 5.34. The van der Waals surface area contributed by atoms with E-state index in [0.717, 1.165) is 32.2 Å². The lowest BCUT2D eigenvalue weighted by Gasteiger charge is -2.16. The van der Waals surface area contributed by atoms with Crippen molar-refractivity contribution in [1.82, 2.24) is 20.3 Å². The van der Waals surface area contributed by atoms with E-state index in [9.17, 15) is 4.79 Å². The molecule has 0 fully saturated rings. The molecule has 0 saturated carbocycles. The Morgan fingerprint density at radius 3 is 2.86 bits per heavy atom. The van der Waals surface area contributed by atoms with Gasteiger partial charge in [0.2, 0.25) is 0 Å². The van der Waals surface area contributed by atoms with Gasteiger partial charge in [-0.15, -0.1) is 5.10 Å². The maximum atomic E-state index is 12.3. The van der Waals surface area contributed by atoms with Crippen LogP contribution in [0.25, 0.3) is 10.9 Å². The number of aryl methyl sites for hydroxylation is 1. The van der Waals surface area contributed by atoms with Crippen LogP contribution in [-0.2, 0) is 6.54 Å². The molecular weight excluding hydrogens is 264 g/mol. The van der Waals surface area contributed by atoms with Crippen molar-refractivity contribution in [2.45, 2.75) is 52.1 Å². The topological polar surface area (TPSA) is 59.8 Å². The van der Waals surface area contributed by atoms with Gasteiger partial charge in [0.25, 0.3) is 5.56 Å². The third-order valence-electron chi connectivity index (χ3n) is 3.73. The highest BCUT2D eigenvalue weighted by Gasteiger charge is 2.07. The molecule has 2 aromatic rings.